The molecule has 35 heavy (non-hydrogen) atoms. The smallest absolute Gasteiger partial charge is 0.410 e. The van der Waals surface area contributed by atoms with Gasteiger partial charge in [-0.15, -0.1) is 0 Å². The van der Waals surface area contributed by atoms with Crippen molar-refractivity contribution in [3.05, 3.63) is 95.3 Å². The topological polar surface area (TPSA) is 48.0 Å². The Hall–Kier alpha value is -3.64. The molecule has 3 aliphatic rings. The monoisotopic (exact) mass is 471 g/mol. The summed E-state index contributed by atoms with van der Waals surface area (Å²) in [5.74, 6) is -0.162. The Kier molecular flexibility index (Phi) is 5.53. The molecule has 1 amide bonds. The van der Waals surface area contributed by atoms with Crippen molar-refractivity contribution in [3.63, 3.8) is 0 Å². The van der Waals surface area contributed by atoms with Crippen molar-refractivity contribution in [2.24, 2.45) is 0 Å². The number of halogens is 1. The molecular weight excluding hydrogens is 445 g/mol. The van der Waals surface area contributed by atoms with E-state index in [9.17, 15) is 9.18 Å². The number of ether oxygens (including phenoxy) is 3. The van der Waals surface area contributed by atoms with Gasteiger partial charge >= 0.3 is 6.09 Å². The molecule has 6 heteroatoms. The molecule has 0 N–H and O–H groups in total. The Morgan fingerprint density at radius 3 is 2.43 bits per heavy atom. The number of hydrogen-bond donors (Lipinski definition) is 0. The lowest BCUT2D eigenvalue weighted by Crippen LogP contribution is -2.56. The fourth-order valence-electron chi connectivity index (χ4n) is 5.62. The minimum absolute atomic E-state index is 0.0185. The molecule has 2 atom stereocenters. The predicted molar refractivity (Wildman–Crippen MR) is 131 cm³/mol. The van der Waals surface area contributed by atoms with Crippen molar-refractivity contribution in [1.29, 1.82) is 0 Å². The number of fused-ring (bicyclic) bond motifs is 5. The number of nitrogens with zero attached hydrogens (tertiary/aromatic N) is 1. The van der Waals surface area contributed by atoms with Crippen LogP contribution in [-0.2, 0) is 9.47 Å². The van der Waals surface area contributed by atoms with Crippen molar-refractivity contribution in [3.8, 4) is 16.9 Å². The summed E-state index contributed by atoms with van der Waals surface area (Å²) in [7, 11) is 1.46. The molecule has 1 saturated heterocycles. The van der Waals surface area contributed by atoms with E-state index in [0.29, 0.717) is 19.6 Å². The Labute approximate surface area is 203 Å². The van der Waals surface area contributed by atoms with Crippen LogP contribution in [0.1, 0.15) is 29.0 Å². The lowest BCUT2D eigenvalue weighted by atomic mass is 9.90. The van der Waals surface area contributed by atoms with Gasteiger partial charge in [-0.05, 0) is 51.9 Å². The predicted octanol–water partition coefficient (Wildman–Crippen LogP) is 5.64. The molecule has 0 radical (unpaired) electrons. The minimum atomic E-state index is -0.392. The number of benzene rings is 3. The Morgan fingerprint density at radius 2 is 1.74 bits per heavy atom. The number of methoxy groups -OCH3 is 1. The van der Waals surface area contributed by atoms with Gasteiger partial charge in [0.2, 0.25) is 0 Å². The summed E-state index contributed by atoms with van der Waals surface area (Å²) in [5, 5.41) is 0. The average molecular weight is 472 g/mol. The van der Waals surface area contributed by atoms with Crippen LogP contribution in [0.2, 0.25) is 0 Å². The van der Waals surface area contributed by atoms with Crippen LogP contribution in [0.25, 0.3) is 16.7 Å². The highest BCUT2D eigenvalue weighted by Gasteiger charge is 2.40. The second kappa shape index (κ2) is 8.86. The van der Waals surface area contributed by atoms with E-state index in [0.717, 1.165) is 11.1 Å². The van der Waals surface area contributed by atoms with E-state index in [1.54, 1.807) is 17.0 Å². The third-order valence-electron chi connectivity index (χ3n) is 7.27. The Balaban J connectivity index is 1.22. The highest BCUT2D eigenvalue weighted by Crippen LogP contribution is 2.44. The zero-order valence-electron chi connectivity index (χ0n) is 19.4. The van der Waals surface area contributed by atoms with Gasteiger partial charge in [0.05, 0.1) is 32.4 Å². The third-order valence-corrected chi connectivity index (χ3v) is 7.27. The summed E-state index contributed by atoms with van der Waals surface area (Å²) in [6.45, 7) is 1.13. The lowest BCUT2D eigenvalue weighted by molar-refractivity contribution is -0.0331. The fourth-order valence-corrected chi connectivity index (χ4v) is 5.62. The van der Waals surface area contributed by atoms with Crippen LogP contribution in [0, 0.1) is 5.82 Å². The number of carbonyl (C=O) groups is 1. The molecule has 1 aliphatic carbocycles. The second-order valence-electron chi connectivity index (χ2n) is 9.22. The van der Waals surface area contributed by atoms with Crippen LogP contribution in [0.4, 0.5) is 9.18 Å². The van der Waals surface area contributed by atoms with Crippen LogP contribution >= 0.6 is 0 Å². The van der Waals surface area contributed by atoms with Gasteiger partial charge in [-0.2, -0.15) is 0 Å². The van der Waals surface area contributed by atoms with Gasteiger partial charge in [0.1, 0.15) is 6.61 Å². The Bertz CT molecular complexity index is 1270. The van der Waals surface area contributed by atoms with E-state index < -0.39 is 5.82 Å². The van der Waals surface area contributed by atoms with E-state index in [-0.39, 0.29) is 36.5 Å². The third kappa shape index (κ3) is 3.78. The molecule has 3 aromatic carbocycles. The summed E-state index contributed by atoms with van der Waals surface area (Å²) in [6, 6.07) is 21.1. The normalized spacial score (nSPS) is 20.6. The Morgan fingerprint density at radius 1 is 1.03 bits per heavy atom. The maximum Gasteiger partial charge on any atom is 0.410 e. The molecule has 6 rings (SSSR count). The van der Waals surface area contributed by atoms with Crippen molar-refractivity contribution in [2.45, 2.75) is 24.4 Å². The summed E-state index contributed by atoms with van der Waals surface area (Å²) < 4.78 is 30.7. The van der Waals surface area contributed by atoms with Crippen LogP contribution in [-0.4, -0.2) is 50.0 Å². The van der Waals surface area contributed by atoms with E-state index in [1.807, 2.05) is 30.3 Å². The van der Waals surface area contributed by atoms with Gasteiger partial charge in [0.15, 0.2) is 11.6 Å². The first-order chi connectivity index (χ1) is 17.1. The molecular formula is C29H26FNO4. The van der Waals surface area contributed by atoms with E-state index in [4.69, 9.17) is 14.2 Å². The first-order valence-electron chi connectivity index (χ1n) is 11.9. The first-order valence-corrected chi connectivity index (χ1v) is 11.9. The van der Waals surface area contributed by atoms with Gasteiger partial charge < -0.3 is 14.2 Å². The van der Waals surface area contributed by atoms with Crippen LogP contribution in [0.15, 0.2) is 72.8 Å². The molecule has 3 aromatic rings. The standard InChI is InChI=1S/C29H26FNO4/c1-33-28-14-18(10-11-27(28)30)19-12-20-15-34-16-21(13-19)31(20)29(32)35-17-26-24-8-4-2-6-22(24)23-7-3-5-9-25(23)26/h2-12,14,20-21,26H,13,15-17H2,1H3. The second-order valence-corrected chi connectivity index (χ2v) is 9.22. The van der Waals surface area contributed by atoms with Crippen molar-refractivity contribution < 1.29 is 23.4 Å². The molecule has 0 aromatic heterocycles. The first kappa shape index (κ1) is 21.9. The van der Waals surface area contributed by atoms with E-state index >= 15 is 0 Å². The summed E-state index contributed by atoms with van der Waals surface area (Å²) >= 11 is 0. The highest BCUT2D eigenvalue weighted by atomic mass is 19.1. The molecule has 0 spiro atoms. The van der Waals surface area contributed by atoms with E-state index in [2.05, 4.69) is 24.3 Å². The van der Waals surface area contributed by atoms with Gasteiger partial charge in [0.25, 0.3) is 0 Å². The molecule has 2 heterocycles. The quantitative estimate of drug-likeness (QED) is 0.494. The van der Waals surface area contributed by atoms with Crippen molar-refractivity contribution in [1.82, 2.24) is 4.90 Å². The summed E-state index contributed by atoms with van der Waals surface area (Å²) in [6.07, 6.45) is 2.32. The van der Waals surface area contributed by atoms with Crippen molar-refractivity contribution in [2.75, 3.05) is 26.9 Å². The molecule has 178 valence electrons. The molecule has 0 saturated carbocycles. The zero-order valence-corrected chi connectivity index (χ0v) is 19.4. The van der Waals surface area contributed by atoms with Crippen molar-refractivity contribution >= 4 is 11.7 Å². The summed E-state index contributed by atoms with van der Waals surface area (Å²) in [5.41, 5.74) is 6.74. The molecule has 5 nitrogen and oxygen atoms in total. The minimum Gasteiger partial charge on any atom is -0.494 e. The van der Waals surface area contributed by atoms with Gasteiger partial charge in [-0.1, -0.05) is 60.7 Å². The summed E-state index contributed by atoms with van der Waals surface area (Å²) in [4.78, 5) is 15.1. The fraction of sp³-hybridized carbons (Fsp3) is 0.276. The molecule has 1 fully saturated rings. The molecule has 2 unspecified atom stereocenters. The van der Waals surface area contributed by atoms with Crippen LogP contribution in [0.3, 0.4) is 0 Å². The molecule has 2 bridgehead atoms. The number of amides is 1. The number of rotatable bonds is 4. The van der Waals surface area contributed by atoms with E-state index in [1.165, 1.54) is 35.4 Å². The van der Waals surface area contributed by atoms with Crippen LogP contribution in [0.5, 0.6) is 5.75 Å². The SMILES string of the molecule is COc1cc(C2=CC3COCC(C2)N3C(=O)OCC2c3ccccc3-c3ccccc32)ccc1F. The number of hydrogen-bond acceptors (Lipinski definition) is 4. The van der Waals surface area contributed by atoms with Crippen LogP contribution < -0.4 is 4.74 Å². The van der Waals surface area contributed by atoms with Gasteiger partial charge in [-0.25, -0.2) is 9.18 Å². The van der Waals surface area contributed by atoms with Gasteiger partial charge in [0, 0.05) is 5.92 Å². The molecule has 2 aliphatic heterocycles. The number of morpholine rings is 1. The largest absolute Gasteiger partial charge is 0.494 e. The zero-order chi connectivity index (χ0) is 23.9. The van der Waals surface area contributed by atoms with Gasteiger partial charge in [-0.3, -0.25) is 4.90 Å². The maximum atomic E-state index is 13.9. The maximum absolute atomic E-state index is 13.9. The highest BCUT2D eigenvalue weighted by molar-refractivity contribution is 5.79. The number of carbonyl (C=O) groups excluding carboxylic acids is 1. The average Bonchev–Trinajstić information content (AvgIpc) is 3.20. The lowest BCUT2D eigenvalue weighted by Gasteiger charge is -2.44.